The Labute approximate surface area is 164 Å². The molecule has 6 nitrogen and oxygen atoms in total. The fourth-order valence-electron chi connectivity index (χ4n) is 3.30. The van der Waals surface area contributed by atoms with Gasteiger partial charge in [0.05, 0.1) is 10.7 Å². The number of aromatic nitrogens is 2. The van der Waals surface area contributed by atoms with Gasteiger partial charge in [-0.25, -0.2) is 0 Å². The zero-order chi connectivity index (χ0) is 18.8. The summed E-state index contributed by atoms with van der Waals surface area (Å²) in [6.07, 6.45) is 1.88. The van der Waals surface area contributed by atoms with Gasteiger partial charge in [0.1, 0.15) is 5.75 Å². The summed E-state index contributed by atoms with van der Waals surface area (Å²) in [5, 5.41) is 9.23. The molecular weight excluding hydrogens is 364 g/mol. The van der Waals surface area contributed by atoms with Crippen LogP contribution >= 0.6 is 11.6 Å². The monoisotopic (exact) mass is 386 g/mol. The number of benzene rings is 1. The van der Waals surface area contributed by atoms with Gasteiger partial charge in [0.15, 0.2) is 11.9 Å². The third-order valence-electron chi connectivity index (χ3n) is 5.07. The lowest BCUT2D eigenvalue weighted by atomic mass is 10.2. The Balaban J connectivity index is 1.31. The number of nitrogens with zero attached hydrogens (tertiary/aromatic N) is 4. The number of ether oxygens (including phenoxy) is 1. The van der Waals surface area contributed by atoms with Crippen LogP contribution in [0.25, 0.3) is 0 Å². The molecule has 142 valence electrons. The smallest absolute Gasteiger partial charge is 0.263 e. The van der Waals surface area contributed by atoms with E-state index < -0.39 is 6.10 Å². The fourth-order valence-corrected chi connectivity index (χ4v) is 3.48. The first-order valence-electron chi connectivity index (χ1n) is 9.40. The minimum Gasteiger partial charge on any atom is -0.479 e. The molecule has 0 spiro atoms. The second-order valence-electron chi connectivity index (χ2n) is 7.09. The van der Waals surface area contributed by atoms with Gasteiger partial charge < -0.3 is 14.5 Å². The third kappa shape index (κ3) is 4.16. The molecule has 0 radical (unpaired) electrons. The number of carbonyl (C=O) groups excluding carboxylic acids is 1. The summed E-state index contributed by atoms with van der Waals surface area (Å²) in [6.45, 7) is 4.52. The van der Waals surface area contributed by atoms with Gasteiger partial charge in [-0.2, -0.15) is 5.10 Å². The summed E-state index contributed by atoms with van der Waals surface area (Å²) in [6, 6.07) is 11.3. The van der Waals surface area contributed by atoms with Gasteiger partial charge in [0, 0.05) is 32.1 Å². The minimum absolute atomic E-state index is 0.0234. The molecule has 0 bridgehead atoms. The van der Waals surface area contributed by atoms with Crippen molar-refractivity contribution in [2.24, 2.45) is 0 Å². The van der Waals surface area contributed by atoms with Crippen LogP contribution in [0.3, 0.4) is 0 Å². The quantitative estimate of drug-likeness (QED) is 0.790. The number of hydrogen-bond acceptors (Lipinski definition) is 5. The lowest BCUT2D eigenvalue weighted by Crippen LogP contribution is -2.52. The van der Waals surface area contributed by atoms with Crippen LogP contribution in [0.15, 0.2) is 36.4 Å². The highest BCUT2D eigenvalue weighted by Crippen LogP contribution is 2.38. The molecule has 0 N–H and O–H groups in total. The SMILES string of the molecule is C[C@H](Oc1ccccc1Cl)C(=O)N1CCN(c2ccc(C3CC3)nn2)CC1. The largest absolute Gasteiger partial charge is 0.479 e. The molecule has 1 aromatic carbocycles. The molecule has 7 heteroatoms. The number of piperazine rings is 1. The number of halogens is 1. The van der Waals surface area contributed by atoms with Crippen LogP contribution in [0.4, 0.5) is 5.82 Å². The topological polar surface area (TPSA) is 58.6 Å². The van der Waals surface area contributed by atoms with Gasteiger partial charge in [0.25, 0.3) is 5.91 Å². The van der Waals surface area contributed by atoms with E-state index in [1.807, 2.05) is 23.1 Å². The predicted octanol–water partition coefficient (Wildman–Crippen LogP) is 3.12. The summed E-state index contributed by atoms with van der Waals surface area (Å²) < 4.78 is 5.75. The Hall–Kier alpha value is -2.34. The molecule has 0 unspecified atom stereocenters. The van der Waals surface area contributed by atoms with Crippen molar-refractivity contribution in [2.75, 3.05) is 31.1 Å². The van der Waals surface area contributed by atoms with Gasteiger partial charge in [-0.3, -0.25) is 4.79 Å². The van der Waals surface area contributed by atoms with Crippen molar-refractivity contribution in [3.8, 4) is 5.75 Å². The van der Waals surface area contributed by atoms with Gasteiger partial charge >= 0.3 is 0 Å². The van der Waals surface area contributed by atoms with Crippen LogP contribution in [0.2, 0.25) is 5.02 Å². The number of amides is 1. The molecule has 2 aromatic rings. The highest BCUT2D eigenvalue weighted by atomic mass is 35.5. The molecule has 1 atom stereocenters. The van der Waals surface area contributed by atoms with Gasteiger partial charge in [0.2, 0.25) is 0 Å². The first-order valence-corrected chi connectivity index (χ1v) is 9.78. The zero-order valence-corrected chi connectivity index (χ0v) is 16.1. The fraction of sp³-hybridized carbons (Fsp3) is 0.450. The predicted molar refractivity (Wildman–Crippen MR) is 104 cm³/mol. The molecule has 4 rings (SSSR count). The van der Waals surface area contributed by atoms with E-state index in [2.05, 4.69) is 21.2 Å². The second kappa shape index (κ2) is 7.72. The van der Waals surface area contributed by atoms with Crippen LogP contribution in [-0.4, -0.2) is 53.3 Å². The number of carbonyl (C=O) groups is 1. The van der Waals surface area contributed by atoms with Crippen LogP contribution < -0.4 is 9.64 Å². The van der Waals surface area contributed by atoms with Crippen molar-refractivity contribution in [3.63, 3.8) is 0 Å². The van der Waals surface area contributed by atoms with Gasteiger partial charge in [-0.15, -0.1) is 5.10 Å². The Kier molecular flexibility index (Phi) is 5.16. The van der Waals surface area contributed by atoms with Crippen molar-refractivity contribution >= 4 is 23.3 Å². The maximum absolute atomic E-state index is 12.7. The van der Waals surface area contributed by atoms with Crippen molar-refractivity contribution in [1.29, 1.82) is 0 Å². The Morgan fingerprint density at radius 2 is 1.85 bits per heavy atom. The standard InChI is InChI=1S/C20H23ClN4O2/c1-14(27-18-5-3-2-4-16(18)21)20(26)25-12-10-24(11-13-25)19-9-8-17(22-23-19)15-6-7-15/h2-5,8-9,14-15H,6-7,10-13H2,1H3/t14-/m0/s1. The van der Waals surface area contributed by atoms with E-state index in [0.29, 0.717) is 29.8 Å². The summed E-state index contributed by atoms with van der Waals surface area (Å²) in [4.78, 5) is 16.7. The zero-order valence-electron chi connectivity index (χ0n) is 15.3. The Bertz CT molecular complexity index is 802. The van der Waals surface area contributed by atoms with Crippen LogP contribution in [0.1, 0.15) is 31.4 Å². The molecule has 2 aliphatic rings. The Morgan fingerprint density at radius 3 is 2.48 bits per heavy atom. The number of anilines is 1. The maximum Gasteiger partial charge on any atom is 0.263 e. The summed E-state index contributed by atoms with van der Waals surface area (Å²) in [5.74, 6) is 2.00. The lowest BCUT2D eigenvalue weighted by Gasteiger charge is -2.36. The molecule has 1 saturated carbocycles. The van der Waals surface area contributed by atoms with Crippen molar-refractivity contribution in [2.45, 2.75) is 31.8 Å². The highest BCUT2D eigenvalue weighted by Gasteiger charge is 2.28. The van der Waals surface area contributed by atoms with E-state index in [4.69, 9.17) is 16.3 Å². The molecule has 2 fully saturated rings. The Morgan fingerprint density at radius 1 is 1.11 bits per heavy atom. The van der Waals surface area contributed by atoms with Crippen LogP contribution in [-0.2, 0) is 4.79 Å². The van der Waals surface area contributed by atoms with E-state index in [-0.39, 0.29) is 5.91 Å². The summed E-state index contributed by atoms with van der Waals surface area (Å²) in [7, 11) is 0. The van der Waals surface area contributed by atoms with Crippen molar-refractivity contribution < 1.29 is 9.53 Å². The summed E-state index contributed by atoms with van der Waals surface area (Å²) >= 11 is 6.11. The van der Waals surface area contributed by atoms with E-state index in [0.717, 1.165) is 24.6 Å². The average Bonchev–Trinajstić information content (AvgIpc) is 3.55. The number of para-hydroxylation sites is 1. The first kappa shape index (κ1) is 18.0. The molecule has 1 aliphatic heterocycles. The summed E-state index contributed by atoms with van der Waals surface area (Å²) in [5.41, 5.74) is 1.10. The maximum atomic E-state index is 12.7. The van der Waals surface area contributed by atoms with E-state index in [1.165, 1.54) is 12.8 Å². The average molecular weight is 387 g/mol. The van der Waals surface area contributed by atoms with Crippen molar-refractivity contribution in [3.05, 3.63) is 47.1 Å². The van der Waals surface area contributed by atoms with Gasteiger partial charge in [-0.1, -0.05) is 23.7 Å². The van der Waals surface area contributed by atoms with Crippen LogP contribution in [0, 0.1) is 0 Å². The lowest BCUT2D eigenvalue weighted by molar-refractivity contribution is -0.138. The molecular formula is C20H23ClN4O2. The first-order chi connectivity index (χ1) is 13.1. The molecule has 1 aromatic heterocycles. The molecule has 1 saturated heterocycles. The van der Waals surface area contributed by atoms with E-state index in [1.54, 1.807) is 19.1 Å². The highest BCUT2D eigenvalue weighted by molar-refractivity contribution is 6.32. The van der Waals surface area contributed by atoms with Gasteiger partial charge in [-0.05, 0) is 44.0 Å². The van der Waals surface area contributed by atoms with E-state index >= 15 is 0 Å². The van der Waals surface area contributed by atoms with Crippen LogP contribution in [0.5, 0.6) is 5.75 Å². The third-order valence-corrected chi connectivity index (χ3v) is 5.38. The molecule has 1 aliphatic carbocycles. The second-order valence-corrected chi connectivity index (χ2v) is 7.50. The van der Waals surface area contributed by atoms with Crippen molar-refractivity contribution in [1.82, 2.24) is 15.1 Å². The number of rotatable bonds is 5. The normalized spacial score (nSPS) is 18.3. The number of hydrogen-bond donors (Lipinski definition) is 0. The minimum atomic E-state index is -0.575. The molecule has 2 heterocycles. The molecule has 1 amide bonds. The molecule has 27 heavy (non-hydrogen) atoms. The van der Waals surface area contributed by atoms with E-state index in [9.17, 15) is 4.79 Å².